The van der Waals surface area contributed by atoms with Crippen molar-refractivity contribution in [1.82, 2.24) is 51.5 Å². The van der Waals surface area contributed by atoms with Crippen molar-refractivity contribution in [3.05, 3.63) is 24.3 Å². The molecule has 2 aromatic heterocycles. The molecule has 65 heavy (non-hydrogen) atoms. The van der Waals surface area contributed by atoms with Crippen LogP contribution in [0.25, 0.3) is 0 Å². The molecule has 5 unspecified atom stereocenters. The van der Waals surface area contributed by atoms with E-state index < -0.39 is 117 Å². The third-order valence-electron chi connectivity index (χ3n) is 10.3. The lowest BCUT2D eigenvalue weighted by atomic mass is 9.84. The summed E-state index contributed by atoms with van der Waals surface area (Å²) < 4.78 is 57.2. The number of nitrogens with zero attached hydrogens (tertiary/aromatic N) is 4. The van der Waals surface area contributed by atoms with E-state index in [1.807, 2.05) is 5.32 Å². The van der Waals surface area contributed by atoms with Gasteiger partial charge >= 0.3 is 0 Å². The van der Waals surface area contributed by atoms with Crippen LogP contribution < -0.4 is 36.6 Å². The Labute approximate surface area is 380 Å². The van der Waals surface area contributed by atoms with Gasteiger partial charge < -0.3 is 36.7 Å². The van der Waals surface area contributed by atoms with Crippen molar-refractivity contribution >= 4 is 74.0 Å². The number of nitrogens with one attached hydrogen (secondary N) is 7. The Morgan fingerprint density at radius 2 is 1.58 bits per heavy atom. The lowest BCUT2D eigenvalue weighted by Gasteiger charge is -2.37. The number of anilines is 1. The monoisotopic (exact) mass is 955 g/mol. The van der Waals surface area contributed by atoms with Crippen LogP contribution in [0.4, 0.5) is 13.9 Å². The highest BCUT2D eigenvalue weighted by atomic mass is 32.2. The minimum Gasteiger partial charge on any atom is -0.344 e. The average Bonchev–Trinajstić information content (AvgIpc) is 3.72. The first-order chi connectivity index (χ1) is 30.6. The van der Waals surface area contributed by atoms with Crippen LogP contribution in [0.5, 0.6) is 0 Å². The van der Waals surface area contributed by atoms with Gasteiger partial charge in [-0.3, -0.25) is 38.5 Å². The number of hydrogen-bond acceptors (Lipinski definition) is 15. The van der Waals surface area contributed by atoms with Crippen LogP contribution in [0.15, 0.2) is 22.9 Å². The molecule has 1 saturated carbocycles. The summed E-state index contributed by atoms with van der Waals surface area (Å²) in [6.07, 6.45) is 3.14. The van der Waals surface area contributed by atoms with E-state index in [0.717, 1.165) is 25.5 Å². The zero-order chi connectivity index (χ0) is 48.5. The summed E-state index contributed by atoms with van der Waals surface area (Å²) >= 11 is 0.474. The van der Waals surface area contributed by atoms with Crippen molar-refractivity contribution in [2.75, 3.05) is 11.9 Å². The van der Waals surface area contributed by atoms with Gasteiger partial charge in [0.1, 0.15) is 30.1 Å². The van der Waals surface area contributed by atoms with Crippen molar-refractivity contribution in [2.45, 2.75) is 140 Å². The number of hydrogen-bond donors (Lipinski definition) is 7. The van der Waals surface area contributed by atoms with Gasteiger partial charge in [0.2, 0.25) is 39.4 Å². The van der Waals surface area contributed by atoms with Crippen LogP contribution in [0.3, 0.4) is 0 Å². The highest BCUT2D eigenvalue weighted by molar-refractivity contribution is 7.91. The Morgan fingerprint density at radius 3 is 2.17 bits per heavy atom. The summed E-state index contributed by atoms with van der Waals surface area (Å²) in [5.74, 6) is -9.03. The van der Waals surface area contributed by atoms with E-state index in [0.29, 0.717) is 24.2 Å². The molecule has 0 radical (unpaired) electrons. The number of aromatic nitrogens is 4. The van der Waals surface area contributed by atoms with Crippen LogP contribution in [0, 0.1) is 23.7 Å². The molecule has 2 aromatic rings. The molecular weight excluding hydrogens is 897 g/mol. The Hall–Kier alpha value is -5.43. The molecule has 21 nitrogen and oxygen atoms in total. The zero-order valence-electron chi connectivity index (χ0n) is 37.2. The average molecular weight is 956 g/mol. The fourth-order valence-corrected chi connectivity index (χ4v) is 9.28. The van der Waals surface area contributed by atoms with Crippen molar-refractivity contribution < 1.29 is 55.6 Å². The summed E-state index contributed by atoms with van der Waals surface area (Å²) in [5.41, 5.74) is -2.90. The quantitative estimate of drug-likeness (QED) is 0.0306. The van der Waals surface area contributed by atoms with Gasteiger partial charge in [-0.25, -0.2) is 22.2 Å². The van der Waals surface area contributed by atoms with Crippen LogP contribution >= 0.6 is 11.3 Å². The molecule has 0 aliphatic heterocycles. The molecule has 1 aliphatic rings. The Morgan fingerprint density at radius 1 is 0.908 bits per heavy atom. The summed E-state index contributed by atoms with van der Waals surface area (Å²) in [5, 5.41) is 21.6. The third kappa shape index (κ3) is 16.8. The molecule has 7 N–H and O–H groups in total. The molecular formula is C40H59F2N11O10S2. The van der Waals surface area contributed by atoms with Gasteiger partial charge in [0, 0.05) is 25.2 Å². The molecule has 2 heterocycles. The van der Waals surface area contributed by atoms with E-state index in [1.54, 1.807) is 41.5 Å². The highest BCUT2D eigenvalue weighted by Crippen LogP contribution is 2.28. The van der Waals surface area contributed by atoms with Gasteiger partial charge in [-0.15, -0.1) is 10.2 Å². The van der Waals surface area contributed by atoms with Crippen LogP contribution in [0.2, 0.25) is 0 Å². The molecule has 0 saturated heterocycles. The first-order valence-corrected chi connectivity index (χ1v) is 23.6. The smallest absolute Gasteiger partial charge is 0.289 e. The molecule has 25 heteroatoms. The van der Waals surface area contributed by atoms with Crippen molar-refractivity contribution in [1.29, 1.82) is 0 Å². The predicted octanol–water partition coefficient (Wildman–Crippen LogP) is 1.77. The maximum atomic E-state index is 14.9. The molecule has 1 fully saturated rings. The topological polar surface area (TPSA) is 306 Å². The van der Waals surface area contributed by atoms with E-state index in [-0.39, 0.29) is 48.2 Å². The minimum absolute atomic E-state index is 0.0152. The number of aldehydes is 1. The van der Waals surface area contributed by atoms with E-state index in [2.05, 4.69) is 51.5 Å². The van der Waals surface area contributed by atoms with E-state index in [1.165, 1.54) is 12.4 Å². The molecule has 0 bridgehead atoms. The lowest BCUT2D eigenvalue weighted by molar-refractivity contribution is -0.141. The van der Waals surface area contributed by atoms with E-state index >= 15 is 0 Å². The van der Waals surface area contributed by atoms with Gasteiger partial charge in [-0.05, 0) is 36.5 Å². The summed E-state index contributed by atoms with van der Waals surface area (Å²) in [6, 6.07) is -5.06. The van der Waals surface area contributed by atoms with Crippen molar-refractivity contribution in [3.8, 4) is 0 Å². The van der Waals surface area contributed by atoms with Gasteiger partial charge in [-0.2, -0.15) is 4.72 Å². The fraction of sp³-hybridized carbons (Fsp3) is 0.650. The van der Waals surface area contributed by atoms with Crippen LogP contribution in [-0.4, -0.2) is 113 Å². The number of sulfonamides is 1. The van der Waals surface area contributed by atoms with Gasteiger partial charge in [0.15, 0.2) is 5.66 Å². The number of amides is 6. The number of ketones is 1. The Kier molecular flexibility index (Phi) is 21.0. The number of carbonyl (C=O) groups excluding carboxylic acids is 8. The van der Waals surface area contributed by atoms with Crippen LogP contribution in [0.1, 0.15) is 116 Å². The predicted molar refractivity (Wildman–Crippen MR) is 231 cm³/mol. The number of rotatable bonds is 26. The maximum absolute atomic E-state index is 14.9. The lowest BCUT2D eigenvalue weighted by Crippen LogP contribution is -2.71. The van der Waals surface area contributed by atoms with Gasteiger partial charge in [0.05, 0.1) is 12.7 Å². The minimum atomic E-state index is -4.89. The molecule has 3 rings (SSSR count). The first-order valence-electron chi connectivity index (χ1n) is 21.3. The number of carbonyl (C=O) groups is 8. The van der Waals surface area contributed by atoms with E-state index in [9.17, 15) is 55.6 Å². The summed E-state index contributed by atoms with van der Waals surface area (Å²) in [6.45, 7) is 9.55. The Bertz CT molecular complexity index is 2090. The second-order valence-electron chi connectivity index (χ2n) is 16.7. The maximum Gasteiger partial charge on any atom is 0.289 e. The Balaban J connectivity index is 2.07. The standard InChI is InChI=1S/C40H59F2N11O10S2/c1-7-24(6)31(35(59)47-27(18-25-11-9-8-10-12-25)33(57)46-26(19-29(41)42)32(56)36(60)45-15-16-54)49-37(61)40(20-23(4)5,50-34(58)28-21-43-13-14-44-28)53-65(62,63)39-52-51-38(64-39)48-30(55)17-22(2)3/h13-14,16,21-27,29,31,53H,7-12,15,17-20H2,1-6H3,(H,45,60)(H,46,57)(H,47,59)(H,49,61)(H,50,58)(H,48,51,55). The van der Waals surface area contributed by atoms with E-state index in [4.69, 9.17) is 0 Å². The second-order valence-corrected chi connectivity index (χ2v) is 19.6. The molecule has 5 atom stereocenters. The third-order valence-corrected chi connectivity index (χ3v) is 13.0. The first kappa shape index (κ1) is 53.9. The SMILES string of the molecule is CCC(C)C(NC(=O)C(CC(C)C)(NC(=O)c1cnccn1)NS(=O)(=O)c1nnc(NC(=O)CC(C)C)s1)C(=O)NC(CC1CCCCC1)C(=O)NC(CC(F)F)C(=O)C(=O)NCC=O. The number of alkyl halides is 2. The summed E-state index contributed by atoms with van der Waals surface area (Å²) in [4.78, 5) is 113. The van der Waals surface area contributed by atoms with Crippen molar-refractivity contribution in [3.63, 3.8) is 0 Å². The number of halogens is 2. The molecule has 0 aromatic carbocycles. The molecule has 6 amide bonds. The second kappa shape index (κ2) is 25.3. The zero-order valence-corrected chi connectivity index (χ0v) is 38.8. The van der Waals surface area contributed by atoms with Crippen LogP contribution in [-0.2, 0) is 43.6 Å². The fourth-order valence-electron chi connectivity index (χ4n) is 7.06. The van der Waals surface area contributed by atoms with Gasteiger partial charge in [-0.1, -0.05) is 91.4 Å². The molecule has 0 spiro atoms. The summed E-state index contributed by atoms with van der Waals surface area (Å²) in [7, 11) is -4.89. The van der Waals surface area contributed by atoms with Gasteiger partial charge in [0.25, 0.3) is 27.7 Å². The normalized spacial score (nSPS) is 16.0. The molecule has 360 valence electrons. The highest BCUT2D eigenvalue weighted by Gasteiger charge is 2.47. The largest absolute Gasteiger partial charge is 0.344 e. The number of Topliss-reactive ketones (excluding diaryl/α,β-unsaturated/α-hetero) is 1. The molecule has 1 aliphatic carbocycles. The van der Waals surface area contributed by atoms with Crippen molar-refractivity contribution in [2.24, 2.45) is 23.7 Å².